The molecule has 14 nitrogen and oxygen atoms in total. The van der Waals surface area contributed by atoms with Crippen molar-refractivity contribution in [3.05, 3.63) is 12.2 Å². The van der Waals surface area contributed by atoms with Crippen molar-refractivity contribution in [1.29, 1.82) is 0 Å². The van der Waals surface area contributed by atoms with Crippen LogP contribution in [0.2, 0.25) is 0 Å². The van der Waals surface area contributed by atoms with E-state index in [1.807, 2.05) is 0 Å². The minimum Gasteiger partial charge on any atom is -0.457 e. The molecule has 11 atom stereocenters. The maximum absolute atomic E-state index is 12.9. The lowest BCUT2D eigenvalue weighted by atomic mass is 9.98. The van der Waals surface area contributed by atoms with Gasteiger partial charge in [-0.05, 0) is 38.5 Å². The fourth-order valence-electron chi connectivity index (χ4n) is 8.28. The van der Waals surface area contributed by atoms with Gasteiger partial charge in [-0.2, -0.15) is 0 Å². The van der Waals surface area contributed by atoms with Gasteiger partial charge in [0.2, 0.25) is 0 Å². The summed E-state index contributed by atoms with van der Waals surface area (Å²) in [4.78, 5) is 12.9. The molecule has 11 unspecified atom stereocenters. The summed E-state index contributed by atoms with van der Waals surface area (Å²) in [6.45, 7) is 3.69. The molecule has 0 aromatic rings. The van der Waals surface area contributed by atoms with Gasteiger partial charge >= 0.3 is 5.97 Å². The summed E-state index contributed by atoms with van der Waals surface area (Å²) < 4.78 is 34.2. The number of hydrogen-bond donors (Lipinski definition) is 7. The van der Waals surface area contributed by atoms with E-state index >= 15 is 0 Å². The molecule has 378 valence electrons. The second-order valence-corrected chi connectivity index (χ2v) is 18.3. The molecule has 14 heteroatoms. The zero-order valence-electron chi connectivity index (χ0n) is 40.0. The number of hydrogen-bond acceptors (Lipinski definition) is 14. The summed E-state index contributed by atoms with van der Waals surface area (Å²) in [6.07, 6.45) is 22.8. The van der Waals surface area contributed by atoms with Crippen LogP contribution in [0.1, 0.15) is 200 Å². The van der Waals surface area contributed by atoms with Crippen molar-refractivity contribution in [2.24, 2.45) is 0 Å². The third kappa shape index (κ3) is 26.3. The molecule has 64 heavy (non-hydrogen) atoms. The van der Waals surface area contributed by atoms with E-state index in [9.17, 15) is 40.5 Å². The first-order valence-corrected chi connectivity index (χ1v) is 25.8. The van der Waals surface area contributed by atoms with Gasteiger partial charge in [0.1, 0.15) is 54.9 Å². The Bertz CT molecular complexity index is 1110. The summed E-state index contributed by atoms with van der Waals surface area (Å²) in [6, 6.07) is 0. The molecule has 0 spiro atoms. The average molecular weight is 919 g/mol. The van der Waals surface area contributed by atoms with Crippen molar-refractivity contribution in [2.45, 2.75) is 268 Å². The number of allylic oxidation sites excluding steroid dienone is 2. The summed E-state index contributed by atoms with van der Waals surface area (Å²) in [5.74, 6) is -0.376. The maximum atomic E-state index is 12.9. The minimum absolute atomic E-state index is 0.0658. The lowest BCUT2D eigenvalue weighted by molar-refractivity contribution is -0.332. The molecule has 2 fully saturated rings. The topological polar surface area (TPSA) is 214 Å². The van der Waals surface area contributed by atoms with Gasteiger partial charge in [0.15, 0.2) is 12.6 Å². The molecule has 0 aliphatic carbocycles. The van der Waals surface area contributed by atoms with Crippen molar-refractivity contribution in [2.75, 3.05) is 33.0 Å². The first kappa shape index (κ1) is 58.9. The van der Waals surface area contributed by atoms with Crippen LogP contribution in [0.4, 0.5) is 0 Å². The zero-order valence-corrected chi connectivity index (χ0v) is 40.0. The summed E-state index contributed by atoms with van der Waals surface area (Å²) in [5.41, 5.74) is 0. The largest absolute Gasteiger partial charge is 0.457 e. The molecule has 0 bridgehead atoms. The van der Waals surface area contributed by atoms with Crippen LogP contribution in [0.5, 0.6) is 0 Å². The van der Waals surface area contributed by atoms with Gasteiger partial charge < -0.3 is 64.2 Å². The van der Waals surface area contributed by atoms with Gasteiger partial charge in [-0.15, -0.1) is 0 Å². The summed E-state index contributed by atoms with van der Waals surface area (Å²) in [7, 11) is 0. The van der Waals surface area contributed by atoms with Crippen LogP contribution in [0, 0.1) is 0 Å². The van der Waals surface area contributed by atoms with Crippen LogP contribution in [-0.2, 0) is 33.2 Å². The number of aliphatic hydroxyl groups is 7. The number of ether oxygens (including phenoxy) is 6. The number of rotatable bonds is 41. The quantitative estimate of drug-likeness (QED) is 0.0180. The SMILES string of the molecule is CCCCCCCC/C=C\CCCCCCCCCCCCOCC(COC1OC(COC2OC(CO)C(O)C(O)C2O)C(O)C(O)C1O)OC(=O)CCCCCCCCCCCC. The molecule has 0 amide bonds. The molecule has 7 N–H and O–H groups in total. The van der Waals surface area contributed by atoms with Crippen LogP contribution in [0.15, 0.2) is 12.2 Å². The van der Waals surface area contributed by atoms with E-state index in [0.29, 0.717) is 13.0 Å². The predicted molar refractivity (Wildman–Crippen MR) is 247 cm³/mol. The highest BCUT2D eigenvalue weighted by atomic mass is 16.7. The lowest BCUT2D eigenvalue weighted by Gasteiger charge is -2.42. The van der Waals surface area contributed by atoms with Crippen molar-refractivity contribution in [3.63, 3.8) is 0 Å². The van der Waals surface area contributed by atoms with E-state index in [1.165, 1.54) is 135 Å². The Labute approximate surface area is 386 Å². The predicted octanol–water partition coefficient (Wildman–Crippen LogP) is 7.46. The van der Waals surface area contributed by atoms with Crippen LogP contribution < -0.4 is 0 Å². The van der Waals surface area contributed by atoms with E-state index < -0.39 is 80.7 Å². The average Bonchev–Trinajstić information content (AvgIpc) is 3.29. The molecule has 0 aromatic carbocycles. The third-order valence-corrected chi connectivity index (χ3v) is 12.5. The Kier molecular flexibility index (Phi) is 35.6. The monoisotopic (exact) mass is 919 g/mol. The second kappa shape index (κ2) is 38.7. The van der Waals surface area contributed by atoms with Gasteiger partial charge in [0.25, 0.3) is 0 Å². The normalized spacial score (nSPS) is 26.8. The Balaban J connectivity index is 1.72. The minimum atomic E-state index is -1.70. The van der Waals surface area contributed by atoms with Gasteiger partial charge in [0.05, 0.1) is 26.4 Å². The molecule has 0 saturated carbocycles. The van der Waals surface area contributed by atoms with Crippen molar-refractivity contribution in [3.8, 4) is 0 Å². The lowest BCUT2D eigenvalue weighted by Crippen LogP contribution is -2.61. The Morgan fingerprint density at radius 3 is 1.42 bits per heavy atom. The maximum Gasteiger partial charge on any atom is 0.306 e. The molecule has 0 aromatic heterocycles. The van der Waals surface area contributed by atoms with Crippen molar-refractivity contribution in [1.82, 2.24) is 0 Å². The van der Waals surface area contributed by atoms with Gasteiger partial charge in [-0.25, -0.2) is 0 Å². The van der Waals surface area contributed by atoms with Gasteiger partial charge in [0, 0.05) is 13.0 Å². The van der Waals surface area contributed by atoms with E-state index in [2.05, 4.69) is 26.0 Å². The molecular weight excluding hydrogens is 825 g/mol. The summed E-state index contributed by atoms with van der Waals surface area (Å²) in [5, 5.41) is 72.0. The highest BCUT2D eigenvalue weighted by Gasteiger charge is 2.47. The number of unbranched alkanes of at least 4 members (excludes halogenated alkanes) is 25. The van der Waals surface area contributed by atoms with Crippen LogP contribution in [-0.4, -0.2) is 142 Å². The first-order chi connectivity index (χ1) is 31.1. The fraction of sp³-hybridized carbons (Fsp3) is 0.940. The van der Waals surface area contributed by atoms with E-state index in [-0.39, 0.29) is 25.6 Å². The first-order valence-electron chi connectivity index (χ1n) is 25.8. The Morgan fingerprint density at radius 1 is 0.500 bits per heavy atom. The second-order valence-electron chi connectivity index (χ2n) is 18.3. The fourth-order valence-corrected chi connectivity index (χ4v) is 8.28. The molecule has 2 saturated heterocycles. The number of aliphatic hydroxyl groups excluding tert-OH is 7. The van der Waals surface area contributed by atoms with E-state index in [1.54, 1.807) is 0 Å². The van der Waals surface area contributed by atoms with Crippen LogP contribution >= 0.6 is 0 Å². The van der Waals surface area contributed by atoms with Crippen LogP contribution in [0.25, 0.3) is 0 Å². The number of carbonyl (C=O) groups is 1. The van der Waals surface area contributed by atoms with Gasteiger partial charge in [-0.1, -0.05) is 167 Å². The Morgan fingerprint density at radius 2 is 0.922 bits per heavy atom. The van der Waals surface area contributed by atoms with E-state index in [4.69, 9.17) is 28.4 Å². The Hall–Kier alpha value is -1.27. The van der Waals surface area contributed by atoms with Crippen LogP contribution in [0.3, 0.4) is 0 Å². The summed E-state index contributed by atoms with van der Waals surface area (Å²) >= 11 is 0. The standard InChI is InChI=1S/C50H94O14/c1-3-5-7-9-11-13-15-16-17-18-19-20-21-22-23-24-26-28-30-32-34-59-36-39(62-42(52)33-31-29-27-25-14-12-10-8-6-4-2)37-60-49-48(58)46(56)44(54)41(64-49)38-61-50-47(57)45(55)43(53)40(35-51)63-50/h16-17,39-41,43-51,53-58H,3-15,18-38H2,1-2H3/b17-16-. The molecule has 2 aliphatic rings. The zero-order chi connectivity index (χ0) is 46.6. The molecule has 2 aliphatic heterocycles. The highest BCUT2D eigenvalue weighted by Crippen LogP contribution is 2.26. The number of carbonyl (C=O) groups excluding carboxylic acids is 1. The van der Waals surface area contributed by atoms with Crippen molar-refractivity contribution < 1.29 is 69.0 Å². The molecule has 2 rings (SSSR count). The number of esters is 1. The van der Waals surface area contributed by atoms with Crippen molar-refractivity contribution >= 4 is 5.97 Å². The van der Waals surface area contributed by atoms with Gasteiger partial charge in [-0.3, -0.25) is 4.79 Å². The molecule has 0 radical (unpaired) electrons. The van der Waals surface area contributed by atoms with E-state index in [0.717, 1.165) is 38.5 Å². The third-order valence-electron chi connectivity index (χ3n) is 12.5. The smallest absolute Gasteiger partial charge is 0.306 e. The highest BCUT2D eigenvalue weighted by molar-refractivity contribution is 5.69. The molecular formula is C50H94O14. The molecule has 2 heterocycles.